The van der Waals surface area contributed by atoms with Crippen LogP contribution in [0.15, 0.2) is 77.7 Å². The highest BCUT2D eigenvalue weighted by molar-refractivity contribution is 8.00. The van der Waals surface area contributed by atoms with E-state index < -0.39 is 21.0 Å². The zero-order valence-electron chi connectivity index (χ0n) is 18.5. The van der Waals surface area contributed by atoms with Crippen molar-refractivity contribution in [3.05, 3.63) is 83.4 Å². The molecule has 1 aliphatic rings. The van der Waals surface area contributed by atoms with Gasteiger partial charge in [0.15, 0.2) is 0 Å². The van der Waals surface area contributed by atoms with E-state index in [-0.39, 0.29) is 22.8 Å². The summed E-state index contributed by atoms with van der Waals surface area (Å²) in [7, 11) is -1.97. The van der Waals surface area contributed by atoms with Crippen LogP contribution in [0.1, 0.15) is 27.0 Å². The maximum Gasteiger partial charge on any atom is 0.351 e. The predicted octanol–water partition coefficient (Wildman–Crippen LogP) is 2.38. The van der Waals surface area contributed by atoms with Crippen molar-refractivity contribution in [2.75, 3.05) is 11.5 Å². The Morgan fingerprint density at radius 1 is 1.09 bits per heavy atom. The van der Waals surface area contributed by atoms with Crippen LogP contribution in [0.25, 0.3) is 0 Å². The molecular weight excluding hydrogens is 438 g/mol. The van der Waals surface area contributed by atoms with E-state index in [1.807, 2.05) is 12.1 Å². The van der Waals surface area contributed by atoms with Gasteiger partial charge in [-0.25, -0.2) is 4.79 Å². The van der Waals surface area contributed by atoms with Gasteiger partial charge < -0.3 is 14.9 Å². The number of hydrogen-bond acceptors (Lipinski definition) is 6. The first-order valence-corrected chi connectivity index (χ1v) is 13.4. The Balaban J connectivity index is 1.61. The molecule has 3 aromatic rings. The molecule has 1 aromatic heterocycles. The molecule has 0 saturated carbocycles. The average molecular weight is 468 g/mol. The molecule has 6 nitrogen and oxygen atoms in total. The lowest BCUT2D eigenvalue weighted by molar-refractivity contribution is -0.0637. The van der Waals surface area contributed by atoms with E-state index in [1.54, 1.807) is 24.0 Å². The quantitative estimate of drug-likeness (QED) is 0.561. The first-order valence-electron chi connectivity index (χ1n) is 10.7. The number of hydrogen-bond donors (Lipinski definition) is 1. The molecule has 2 aromatic carbocycles. The molecule has 4 rings (SSSR count). The van der Waals surface area contributed by atoms with E-state index in [2.05, 4.69) is 74.3 Å². The summed E-state index contributed by atoms with van der Waals surface area (Å²) in [5, 5.41) is 2.46. The van der Waals surface area contributed by atoms with Crippen molar-refractivity contribution in [3.8, 4) is 0 Å². The average Bonchev–Trinajstić information content (AvgIpc) is 3.24. The molecule has 8 heteroatoms. The largest absolute Gasteiger partial charge is 0.404 e. The Bertz CT molecular complexity index is 1050. The van der Waals surface area contributed by atoms with Gasteiger partial charge in [0.1, 0.15) is 17.5 Å². The van der Waals surface area contributed by atoms with Gasteiger partial charge in [-0.1, -0.05) is 81.4 Å². The minimum atomic E-state index is -1.97. The van der Waals surface area contributed by atoms with Gasteiger partial charge in [0, 0.05) is 11.9 Å². The Morgan fingerprint density at radius 2 is 1.69 bits per heavy atom. The van der Waals surface area contributed by atoms with E-state index in [9.17, 15) is 4.79 Å². The molecule has 0 amide bonds. The minimum absolute atomic E-state index is 0.160. The molecule has 1 saturated heterocycles. The van der Waals surface area contributed by atoms with Crippen molar-refractivity contribution in [1.29, 1.82) is 0 Å². The summed E-state index contributed by atoms with van der Waals surface area (Å²) >= 11 is 1.68. The van der Waals surface area contributed by atoms with Gasteiger partial charge in [-0.2, -0.15) is 4.98 Å². The van der Waals surface area contributed by atoms with E-state index in [4.69, 9.17) is 14.9 Å². The van der Waals surface area contributed by atoms with Crippen molar-refractivity contribution in [3.63, 3.8) is 0 Å². The fourth-order valence-corrected chi connectivity index (χ4v) is 8.04. The fourth-order valence-electron chi connectivity index (χ4n) is 3.79. The second-order valence-electron chi connectivity index (χ2n) is 8.96. The van der Waals surface area contributed by atoms with Crippen molar-refractivity contribution in [2.45, 2.75) is 38.5 Å². The van der Waals surface area contributed by atoms with Crippen LogP contribution >= 0.6 is 11.8 Å². The van der Waals surface area contributed by atoms with Crippen LogP contribution in [0.3, 0.4) is 0 Å². The summed E-state index contributed by atoms with van der Waals surface area (Å²) in [6.07, 6.45) is 1.09. The fraction of sp³-hybridized carbons (Fsp3) is 0.333. The number of nitrogens with two attached hydrogens (primary N) is 1. The second kappa shape index (κ2) is 9.62. The number of thioether (sulfide) groups is 1. The molecule has 2 N–H and O–H groups in total. The lowest BCUT2D eigenvalue weighted by Gasteiger charge is -2.37. The van der Waals surface area contributed by atoms with Crippen LogP contribution < -0.4 is 21.8 Å². The molecule has 0 aliphatic carbocycles. The molecule has 1 unspecified atom stereocenters. The molecule has 0 radical (unpaired) electrons. The SMILES string of the molecule is CC(C)(C)C(O[SiH](c1ccccc1)c1ccccc1)[C@@H]1O[C@@H](n2ccc(N)nc2=O)CS1. The topological polar surface area (TPSA) is 79.4 Å². The summed E-state index contributed by atoms with van der Waals surface area (Å²) in [6.45, 7) is 6.52. The first kappa shape index (κ1) is 22.8. The highest BCUT2D eigenvalue weighted by Crippen LogP contribution is 2.40. The summed E-state index contributed by atoms with van der Waals surface area (Å²) in [5.41, 5.74) is 4.88. The Kier molecular flexibility index (Phi) is 6.85. The van der Waals surface area contributed by atoms with Crippen LogP contribution in [-0.4, -0.2) is 35.9 Å². The minimum Gasteiger partial charge on any atom is -0.404 e. The molecule has 0 bridgehead atoms. The standard InChI is InChI=1S/C24H29N3O3SSi/c1-24(2,3)21(22-29-20(16-31-22)27-15-14-19(25)26-23(27)28)30-32(17-10-6-4-7-11-17)18-12-8-5-9-13-18/h4-15,20-22,32H,16H2,1-3H3,(H2,25,26,28)/t20-,21?,22-/m1/s1. The molecule has 0 spiro atoms. The predicted molar refractivity (Wildman–Crippen MR) is 133 cm³/mol. The van der Waals surface area contributed by atoms with E-state index >= 15 is 0 Å². The van der Waals surface area contributed by atoms with E-state index in [0.717, 1.165) is 0 Å². The maximum absolute atomic E-state index is 12.3. The van der Waals surface area contributed by atoms with Crippen molar-refractivity contribution >= 4 is 37.0 Å². The molecular formula is C24H29N3O3SSi. The third-order valence-electron chi connectivity index (χ3n) is 5.44. The van der Waals surface area contributed by atoms with Crippen LogP contribution in [0.2, 0.25) is 0 Å². The smallest absolute Gasteiger partial charge is 0.351 e. The molecule has 3 atom stereocenters. The van der Waals surface area contributed by atoms with Crippen LogP contribution in [0.4, 0.5) is 5.82 Å². The number of nitrogens with zero attached hydrogens (tertiary/aromatic N) is 2. The third-order valence-corrected chi connectivity index (χ3v) is 9.15. The van der Waals surface area contributed by atoms with Gasteiger partial charge in [-0.05, 0) is 21.9 Å². The van der Waals surface area contributed by atoms with Gasteiger partial charge >= 0.3 is 5.69 Å². The van der Waals surface area contributed by atoms with Crippen molar-refractivity contribution in [2.24, 2.45) is 5.41 Å². The molecule has 168 valence electrons. The number of benzene rings is 2. The second-order valence-corrected chi connectivity index (χ2v) is 12.5. The molecule has 2 heterocycles. The van der Waals surface area contributed by atoms with Crippen molar-refractivity contribution < 1.29 is 9.16 Å². The van der Waals surface area contributed by atoms with E-state index in [1.165, 1.54) is 14.9 Å². The zero-order chi connectivity index (χ0) is 22.7. The number of rotatable bonds is 6. The summed E-state index contributed by atoms with van der Waals surface area (Å²) in [6, 6.07) is 22.5. The van der Waals surface area contributed by atoms with E-state index in [0.29, 0.717) is 5.75 Å². The maximum atomic E-state index is 12.3. The van der Waals surface area contributed by atoms with Crippen LogP contribution in [-0.2, 0) is 9.16 Å². The molecule has 1 fully saturated rings. The molecule has 1 aliphatic heterocycles. The monoisotopic (exact) mass is 467 g/mol. The first-order chi connectivity index (χ1) is 15.3. The number of anilines is 1. The van der Waals surface area contributed by atoms with Gasteiger partial charge in [-0.15, -0.1) is 11.8 Å². The van der Waals surface area contributed by atoms with Crippen LogP contribution in [0.5, 0.6) is 0 Å². The lowest BCUT2D eigenvalue weighted by Crippen LogP contribution is -2.52. The highest BCUT2D eigenvalue weighted by atomic mass is 32.2. The highest BCUT2D eigenvalue weighted by Gasteiger charge is 2.42. The Hall–Kier alpha value is -2.39. The van der Waals surface area contributed by atoms with Gasteiger partial charge in [-0.3, -0.25) is 4.57 Å². The number of aromatic nitrogens is 2. The van der Waals surface area contributed by atoms with Crippen molar-refractivity contribution in [1.82, 2.24) is 9.55 Å². The lowest BCUT2D eigenvalue weighted by atomic mass is 9.89. The molecule has 32 heavy (non-hydrogen) atoms. The Labute approximate surface area is 194 Å². The summed E-state index contributed by atoms with van der Waals surface area (Å²) < 4.78 is 14.9. The zero-order valence-corrected chi connectivity index (χ0v) is 20.5. The summed E-state index contributed by atoms with van der Waals surface area (Å²) in [4.78, 5) is 16.1. The van der Waals surface area contributed by atoms with Gasteiger partial charge in [0.05, 0.1) is 6.10 Å². The number of ether oxygens (including phenoxy) is 1. The third kappa shape index (κ3) is 5.15. The van der Waals surface area contributed by atoms with Crippen LogP contribution in [0, 0.1) is 5.41 Å². The Morgan fingerprint density at radius 3 is 2.22 bits per heavy atom. The normalized spacial score (nSPS) is 19.9. The van der Waals surface area contributed by atoms with Gasteiger partial charge in [0.2, 0.25) is 9.04 Å². The summed E-state index contributed by atoms with van der Waals surface area (Å²) in [5.74, 6) is 0.860. The van der Waals surface area contributed by atoms with Gasteiger partial charge in [0.25, 0.3) is 0 Å². The number of nitrogen functional groups attached to an aromatic ring is 1.